The van der Waals surface area contributed by atoms with Gasteiger partial charge in [0.25, 0.3) is 0 Å². The third-order valence-electron chi connectivity index (χ3n) is 2.71. The molecule has 2 aromatic carbocycles. The van der Waals surface area contributed by atoms with E-state index < -0.39 is 0 Å². The minimum Gasteiger partial charge on any atom is -0.497 e. The summed E-state index contributed by atoms with van der Waals surface area (Å²) in [5, 5.41) is 0. The topological polar surface area (TPSA) is 35.2 Å². The van der Waals surface area contributed by atoms with Gasteiger partial charge in [0.2, 0.25) is 0 Å². The molecule has 0 radical (unpaired) electrons. The van der Waals surface area contributed by atoms with Crippen molar-refractivity contribution in [1.82, 2.24) is 0 Å². The molecule has 0 fully saturated rings. The molecule has 0 heterocycles. The Morgan fingerprint density at radius 1 is 1.06 bits per heavy atom. The molecule has 0 aliphatic rings. The molecule has 0 aliphatic carbocycles. The van der Waals surface area contributed by atoms with Crippen molar-refractivity contribution in [3.05, 3.63) is 47.8 Å². The summed E-state index contributed by atoms with van der Waals surface area (Å²) < 4.78 is 18.9. The second-order valence-corrected chi connectivity index (χ2v) is 3.92. The molecule has 0 saturated heterocycles. The first-order valence-corrected chi connectivity index (χ1v) is 5.32. The van der Waals surface area contributed by atoms with Crippen LogP contribution < -0.4 is 10.5 Å². The molecule has 0 amide bonds. The van der Waals surface area contributed by atoms with E-state index in [1.165, 1.54) is 6.07 Å². The third kappa shape index (κ3) is 2.23. The number of anilines is 1. The second kappa shape index (κ2) is 4.45. The zero-order valence-corrected chi connectivity index (χ0v) is 9.83. The first kappa shape index (κ1) is 11.5. The lowest BCUT2D eigenvalue weighted by molar-refractivity contribution is 0.414. The van der Waals surface area contributed by atoms with E-state index in [2.05, 4.69) is 0 Å². The molecule has 2 rings (SSSR count). The number of nitrogens with two attached hydrogens (primary N) is 1. The van der Waals surface area contributed by atoms with Gasteiger partial charge in [-0.3, -0.25) is 0 Å². The van der Waals surface area contributed by atoms with Crippen LogP contribution in [0.25, 0.3) is 11.1 Å². The molecule has 0 aromatic heterocycles. The van der Waals surface area contributed by atoms with Crippen molar-refractivity contribution >= 4 is 5.69 Å². The number of nitrogen functional groups attached to an aromatic ring is 1. The lowest BCUT2D eigenvalue weighted by Crippen LogP contribution is -1.92. The van der Waals surface area contributed by atoms with E-state index in [0.717, 1.165) is 11.1 Å². The van der Waals surface area contributed by atoms with Gasteiger partial charge in [0.1, 0.15) is 11.6 Å². The summed E-state index contributed by atoms with van der Waals surface area (Å²) in [6.07, 6.45) is 0. The molecule has 3 heteroatoms. The highest BCUT2D eigenvalue weighted by Crippen LogP contribution is 2.30. The van der Waals surface area contributed by atoms with E-state index in [1.807, 2.05) is 19.1 Å². The smallest absolute Gasteiger partial charge is 0.131 e. The average Bonchev–Trinajstić information content (AvgIpc) is 2.30. The van der Waals surface area contributed by atoms with Crippen LogP contribution in [-0.4, -0.2) is 7.11 Å². The van der Waals surface area contributed by atoms with Crippen LogP contribution in [0.5, 0.6) is 5.75 Å². The molecule has 0 atom stereocenters. The number of hydrogen-bond acceptors (Lipinski definition) is 2. The van der Waals surface area contributed by atoms with Crippen molar-refractivity contribution < 1.29 is 9.13 Å². The lowest BCUT2D eigenvalue weighted by Gasteiger charge is -2.09. The Hall–Kier alpha value is -2.03. The summed E-state index contributed by atoms with van der Waals surface area (Å²) in [4.78, 5) is 0. The Balaban J connectivity index is 2.59. The van der Waals surface area contributed by atoms with Crippen LogP contribution >= 0.6 is 0 Å². The summed E-state index contributed by atoms with van der Waals surface area (Å²) in [7, 11) is 1.56. The highest BCUT2D eigenvalue weighted by Gasteiger charge is 2.09. The molecular weight excluding hydrogens is 217 g/mol. The maximum atomic E-state index is 13.8. The molecule has 2 nitrogen and oxygen atoms in total. The Morgan fingerprint density at radius 3 is 2.47 bits per heavy atom. The summed E-state index contributed by atoms with van der Waals surface area (Å²) >= 11 is 0. The van der Waals surface area contributed by atoms with Crippen molar-refractivity contribution in [1.29, 1.82) is 0 Å². The Labute approximate surface area is 99.8 Å². The Kier molecular flexibility index (Phi) is 3.00. The van der Waals surface area contributed by atoms with E-state index in [-0.39, 0.29) is 5.82 Å². The highest BCUT2D eigenvalue weighted by atomic mass is 19.1. The number of benzene rings is 2. The van der Waals surface area contributed by atoms with Crippen LogP contribution in [0.3, 0.4) is 0 Å². The number of aryl methyl sites for hydroxylation is 1. The quantitative estimate of drug-likeness (QED) is 0.804. The van der Waals surface area contributed by atoms with Gasteiger partial charge < -0.3 is 10.5 Å². The Morgan fingerprint density at radius 2 is 1.82 bits per heavy atom. The largest absolute Gasteiger partial charge is 0.497 e. The molecule has 0 aliphatic heterocycles. The van der Waals surface area contributed by atoms with Gasteiger partial charge in [-0.1, -0.05) is 6.07 Å². The molecule has 2 N–H and O–H groups in total. The zero-order valence-electron chi connectivity index (χ0n) is 9.83. The SMILES string of the molecule is COc1ccc(F)c(-c2ccc(N)cc2C)c1. The van der Waals surface area contributed by atoms with E-state index in [4.69, 9.17) is 10.5 Å². The number of ether oxygens (including phenoxy) is 1. The van der Waals surface area contributed by atoms with Crippen molar-refractivity contribution in [2.45, 2.75) is 6.92 Å². The van der Waals surface area contributed by atoms with Gasteiger partial charge in [0.15, 0.2) is 0 Å². The molecular formula is C14H14FNO. The van der Waals surface area contributed by atoms with Gasteiger partial charge in [0.05, 0.1) is 7.11 Å². The van der Waals surface area contributed by atoms with Crippen LogP contribution in [0.4, 0.5) is 10.1 Å². The normalized spacial score (nSPS) is 10.3. The highest BCUT2D eigenvalue weighted by molar-refractivity contribution is 5.71. The molecule has 0 saturated carbocycles. The van der Waals surface area contributed by atoms with Crippen LogP contribution in [-0.2, 0) is 0 Å². The maximum absolute atomic E-state index is 13.8. The van der Waals surface area contributed by atoms with Crippen molar-refractivity contribution in [3.63, 3.8) is 0 Å². The molecule has 2 aromatic rings. The monoisotopic (exact) mass is 231 g/mol. The van der Waals surface area contributed by atoms with Gasteiger partial charge in [-0.05, 0) is 48.4 Å². The van der Waals surface area contributed by atoms with Crippen molar-refractivity contribution in [2.24, 2.45) is 0 Å². The molecule has 0 spiro atoms. The molecule has 0 unspecified atom stereocenters. The van der Waals surface area contributed by atoms with Gasteiger partial charge in [-0.25, -0.2) is 4.39 Å². The third-order valence-corrected chi connectivity index (χ3v) is 2.71. The van der Waals surface area contributed by atoms with E-state index in [9.17, 15) is 4.39 Å². The first-order valence-electron chi connectivity index (χ1n) is 5.32. The van der Waals surface area contributed by atoms with Gasteiger partial charge >= 0.3 is 0 Å². The fourth-order valence-electron chi connectivity index (χ4n) is 1.83. The lowest BCUT2D eigenvalue weighted by atomic mass is 9.99. The second-order valence-electron chi connectivity index (χ2n) is 3.92. The minimum absolute atomic E-state index is 0.265. The average molecular weight is 231 g/mol. The fourth-order valence-corrected chi connectivity index (χ4v) is 1.83. The fraction of sp³-hybridized carbons (Fsp3) is 0.143. The standard InChI is InChI=1S/C14H14FNO/c1-9-7-10(16)3-5-12(9)13-8-11(17-2)4-6-14(13)15/h3-8H,16H2,1-2H3. The summed E-state index contributed by atoms with van der Waals surface area (Å²) in [6.45, 7) is 1.91. The zero-order chi connectivity index (χ0) is 12.4. The minimum atomic E-state index is -0.265. The van der Waals surface area contributed by atoms with E-state index in [0.29, 0.717) is 17.0 Å². The van der Waals surface area contributed by atoms with E-state index in [1.54, 1.807) is 25.3 Å². The number of rotatable bonds is 2. The van der Waals surface area contributed by atoms with Crippen molar-refractivity contribution in [3.8, 4) is 16.9 Å². The summed E-state index contributed by atoms with van der Waals surface area (Å²) in [6, 6.07) is 10.1. The van der Waals surface area contributed by atoms with Crippen LogP contribution in [0.2, 0.25) is 0 Å². The van der Waals surface area contributed by atoms with Crippen LogP contribution in [0, 0.1) is 12.7 Å². The summed E-state index contributed by atoms with van der Waals surface area (Å²) in [5.41, 5.74) is 8.66. The predicted molar refractivity (Wildman–Crippen MR) is 67.5 cm³/mol. The van der Waals surface area contributed by atoms with Crippen LogP contribution in [0.15, 0.2) is 36.4 Å². The molecule has 17 heavy (non-hydrogen) atoms. The summed E-state index contributed by atoms with van der Waals surface area (Å²) in [5.74, 6) is 0.372. The maximum Gasteiger partial charge on any atom is 0.131 e. The van der Waals surface area contributed by atoms with Gasteiger partial charge in [-0.15, -0.1) is 0 Å². The predicted octanol–water partition coefficient (Wildman–Crippen LogP) is 3.39. The van der Waals surface area contributed by atoms with E-state index >= 15 is 0 Å². The number of hydrogen-bond donors (Lipinski definition) is 1. The van der Waals surface area contributed by atoms with Gasteiger partial charge in [0, 0.05) is 11.3 Å². The van der Waals surface area contributed by atoms with Gasteiger partial charge in [-0.2, -0.15) is 0 Å². The number of halogens is 1. The first-order chi connectivity index (χ1) is 8.11. The van der Waals surface area contributed by atoms with Crippen molar-refractivity contribution in [2.75, 3.05) is 12.8 Å². The number of methoxy groups -OCH3 is 1. The van der Waals surface area contributed by atoms with Crippen LogP contribution in [0.1, 0.15) is 5.56 Å². The Bertz CT molecular complexity index is 552. The molecule has 0 bridgehead atoms. The molecule has 88 valence electrons.